The summed E-state index contributed by atoms with van der Waals surface area (Å²) in [5, 5.41) is 3.33. The molecule has 0 aliphatic heterocycles. The number of benzene rings is 2. The molecule has 0 bridgehead atoms. The average Bonchev–Trinajstić information content (AvgIpc) is 2.47. The number of hydrogen-bond donors (Lipinski definition) is 2. The number of nitrogens with one attached hydrogen (secondary N) is 1. The van der Waals surface area contributed by atoms with Gasteiger partial charge in [0.25, 0.3) is 5.56 Å². The van der Waals surface area contributed by atoms with Gasteiger partial charge in [-0.3, -0.25) is 4.79 Å². The number of hydrogen-bond acceptors (Lipinski definition) is 2. The Labute approximate surface area is 115 Å². The summed E-state index contributed by atoms with van der Waals surface area (Å²) in [4.78, 5) is 18.2. The van der Waals surface area contributed by atoms with E-state index < -0.39 is 0 Å². The van der Waals surface area contributed by atoms with Gasteiger partial charge < -0.3 is 10.7 Å². The normalized spacial score (nSPS) is 10.8. The zero-order chi connectivity index (χ0) is 14.1. The molecule has 0 aliphatic carbocycles. The predicted molar refractivity (Wildman–Crippen MR) is 81.1 cm³/mol. The lowest BCUT2D eigenvalue weighted by molar-refractivity contribution is 0.979. The molecule has 0 amide bonds. The minimum Gasteiger partial charge on any atom is -0.330 e. The average molecular weight is 263 g/mol. The molecular formula is C16H13N3O. The molecule has 0 fully saturated rings. The summed E-state index contributed by atoms with van der Waals surface area (Å²) in [7, 11) is 0. The molecule has 2 aromatic carbocycles. The van der Waals surface area contributed by atoms with Crippen molar-refractivity contribution in [3.05, 3.63) is 63.9 Å². The third kappa shape index (κ3) is 1.85. The fourth-order valence-electron chi connectivity index (χ4n) is 2.61. The zero-order valence-corrected chi connectivity index (χ0v) is 10.8. The summed E-state index contributed by atoms with van der Waals surface area (Å²) < 4.78 is 0. The Morgan fingerprint density at radius 1 is 1.20 bits per heavy atom. The molecule has 98 valence electrons. The van der Waals surface area contributed by atoms with Crippen LogP contribution in [0.15, 0.2) is 41.3 Å². The van der Waals surface area contributed by atoms with Gasteiger partial charge in [0.2, 0.25) is 0 Å². The Bertz CT molecular complexity index is 903. The van der Waals surface area contributed by atoms with Crippen molar-refractivity contribution in [1.29, 1.82) is 0 Å². The van der Waals surface area contributed by atoms with Crippen LogP contribution in [0, 0.1) is 6.57 Å². The standard InChI is InChI=1S/C16H13N3O/c1-18-12-2-3-13-10(4-6-17)8-11-5-7-19-16(20)15(11)14(13)9-12/h2-3,5,7-9H,4,6,17H2,(H,19,20). The van der Waals surface area contributed by atoms with Crippen molar-refractivity contribution in [3.63, 3.8) is 0 Å². The van der Waals surface area contributed by atoms with E-state index in [9.17, 15) is 4.79 Å². The minimum atomic E-state index is -0.131. The van der Waals surface area contributed by atoms with Crippen LogP contribution in [-0.4, -0.2) is 11.5 Å². The number of aromatic amines is 1. The molecule has 0 aliphatic rings. The van der Waals surface area contributed by atoms with Gasteiger partial charge in [-0.25, -0.2) is 4.85 Å². The molecule has 0 saturated carbocycles. The van der Waals surface area contributed by atoms with E-state index in [1.54, 1.807) is 18.3 Å². The van der Waals surface area contributed by atoms with Gasteiger partial charge >= 0.3 is 0 Å². The molecular weight excluding hydrogens is 250 g/mol. The number of nitrogens with zero attached hydrogens (tertiary/aromatic N) is 1. The predicted octanol–water partition coefficient (Wildman–Crippen LogP) is 2.73. The van der Waals surface area contributed by atoms with Crippen LogP contribution >= 0.6 is 0 Å². The third-order valence-corrected chi connectivity index (χ3v) is 3.48. The molecule has 4 heteroatoms. The molecule has 3 N–H and O–H groups in total. The Balaban J connectivity index is 2.54. The SMILES string of the molecule is [C-]#[N+]c1ccc2c(CCN)cc3cc[nH]c(=O)c3c2c1. The number of rotatable bonds is 2. The smallest absolute Gasteiger partial charge is 0.256 e. The highest BCUT2D eigenvalue weighted by Gasteiger charge is 2.09. The molecule has 0 spiro atoms. The molecule has 0 saturated heterocycles. The first-order valence-electron chi connectivity index (χ1n) is 6.39. The van der Waals surface area contributed by atoms with Crippen LogP contribution < -0.4 is 11.3 Å². The van der Waals surface area contributed by atoms with Crippen molar-refractivity contribution in [2.75, 3.05) is 6.54 Å². The Morgan fingerprint density at radius 2 is 2.05 bits per heavy atom. The van der Waals surface area contributed by atoms with Crippen LogP contribution in [0.1, 0.15) is 5.56 Å². The van der Waals surface area contributed by atoms with E-state index in [1.807, 2.05) is 18.2 Å². The molecule has 3 rings (SSSR count). The first kappa shape index (κ1) is 12.4. The lowest BCUT2D eigenvalue weighted by Crippen LogP contribution is -2.07. The van der Waals surface area contributed by atoms with Crippen molar-refractivity contribution < 1.29 is 0 Å². The van der Waals surface area contributed by atoms with Crippen LogP contribution in [0.2, 0.25) is 0 Å². The summed E-state index contributed by atoms with van der Waals surface area (Å²) in [5.74, 6) is 0. The highest BCUT2D eigenvalue weighted by molar-refractivity contribution is 6.09. The third-order valence-electron chi connectivity index (χ3n) is 3.48. The monoisotopic (exact) mass is 263 g/mol. The summed E-state index contributed by atoms with van der Waals surface area (Å²) in [6.07, 6.45) is 2.39. The molecule has 0 atom stereocenters. The van der Waals surface area contributed by atoms with Gasteiger partial charge in [-0.15, -0.1) is 0 Å². The molecule has 1 heterocycles. The number of nitrogens with two attached hydrogens (primary N) is 1. The van der Waals surface area contributed by atoms with Crippen LogP contribution in [0.3, 0.4) is 0 Å². The quantitative estimate of drug-likeness (QED) is 0.551. The van der Waals surface area contributed by atoms with Gasteiger partial charge in [0.1, 0.15) is 0 Å². The van der Waals surface area contributed by atoms with E-state index in [2.05, 4.69) is 9.83 Å². The van der Waals surface area contributed by atoms with Gasteiger partial charge in [0, 0.05) is 6.20 Å². The summed E-state index contributed by atoms with van der Waals surface area (Å²) in [6.45, 7) is 7.68. The lowest BCUT2D eigenvalue weighted by Gasteiger charge is -2.09. The van der Waals surface area contributed by atoms with Crippen LogP contribution in [0.4, 0.5) is 5.69 Å². The van der Waals surface area contributed by atoms with Gasteiger partial charge in [0.05, 0.1) is 12.0 Å². The fraction of sp³-hybridized carbons (Fsp3) is 0.125. The Kier molecular flexibility index (Phi) is 2.97. The van der Waals surface area contributed by atoms with E-state index in [1.165, 1.54) is 0 Å². The van der Waals surface area contributed by atoms with Gasteiger partial charge in [-0.05, 0) is 46.8 Å². The molecule has 1 aromatic heterocycles. The highest BCUT2D eigenvalue weighted by Crippen LogP contribution is 2.30. The van der Waals surface area contributed by atoms with Crippen molar-refractivity contribution in [2.45, 2.75) is 6.42 Å². The Morgan fingerprint density at radius 3 is 2.80 bits per heavy atom. The number of fused-ring (bicyclic) bond motifs is 3. The molecule has 0 radical (unpaired) electrons. The topological polar surface area (TPSA) is 63.2 Å². The second-order valence-electron chi connectivity index (χ2n) is 4.69. The minimum absolute atomic E-state index is 0.131. The first-order valence-corrected chi connectivity index (χ1v) is 6.39. The van der Waals surface area contributed by atoms with E-state index in [0.717, 1.165) is 28.1 Å². The van der Waals surface area contributed by atoms with Crippen molar-refractivity contribution in [1.82, 2.24) is 4.98 Å². The van der Waals surface area contributed by atoms with Gasteiger partial charge in [-0.1, -0.05) is 18.2 Å². The van der Waals surface area contributed by atoms with Crippen molar-refractivity contribution >= 4 is 27.2 Å². The van der Waals surface area contributed by atoms with Gasteiger partial charge in [0.15, 0.2) is 5.69 Å². The maximum atomic E-state index is 12.1. The molecule has 4 nitrogen and oxygen atoms in total. The second kappa shape index (κ2) is 4.80. The van der Waals surface area contributed by atoms with E-state index in [-0.39, 0.29) is 5.56 Å². The van der Waals surface area contributed by atoms with Crippen LogP contribution in [0.5, 0.6) is 0 Å². The second-order valence-corrected chi connectivity index (χ2v) is 4.69. The zero-order valence-electron chi connectivity index (χ0n) is 10.8. The van der Waals surface area contributed by atoms with Crippen molar-refractivity contribution in [3.8, 4) is 0 Å². The van der Waals surface area contributed by atoms with Crippen molar-refractivity contribution in [2.24, 2.45) is 5.73 Å². The number of pyridine rings is 1. The van der Waals surface area contributed by atoms with E-state index in [0.29, 0.717) is 17.6 Å². The maximum Gasteiger partial charge on any atom is 0.256 e. The largest absolute Gasteiger partial charge is 0.330 e. The summed E-state index contributed by atoms with van der Waals surface area (Å²) in [5.41, 5.74) is 7.18. The summed E-state index contributed by atoms with van der Waals surface area (Å²) >= 11 is 0. The van der Waals surface area contributed by atoms with E-state index >= 15 is 0 Å². The van der Waals surface area contributed by atoms with Gasteiger partial charge in [-0.2, -0.15) is 0 Å². The Hall–Kier alpha value is -2.64. The molecule has 20 heavy (non-hydrogen) atoms. The van der Waals surface area contributed by atoms with Crippen LogP contribution in [0.25, 0.3) is 26.4 Å². The lowest BCUT2D eigenvalue weighted by atomic mass is 9.96. The fourth-order valence-corrected chi connectivity index (χ4v) is 2.61. The highest BCUT2D eigenvalue weighted by atomic mass is 16.1. The molecule has 0 unspecified atom stereocenters. The van der Waals surface area contributed by atoms with Crippen LogP contribution in [-0.2, 0) is 6.42 Å². The number of H-pyrrole nitrogens is 1. The summed E-state index contributed by atoms with van der Waals surface area (Å²) in [6, 6.07) is 9.34. The maximum absolute atomic E-state index is 12.1. The first-order chi connectivity index (χ1) is 9.74. The number of aromatic nitrogens is 1. The van der Waals surface area contributed by atoms with E-state index in [4.69, 9.17) is 12.3 Å². The molecule has 3 aromatic rings.